The molecule has 0 saturated heterocycles. The Morgan fingerprint density at radius 2 is 2.11 bits per heavy atom. The molecule has 0 aliphatic rings. The van der Waals surface area contributed by atoms with Gasteiger partial charge in [0.2, 0.25) is 5.95 Å². The minimum Gasteiger partial charge on any atom is -0.478 e. The number of aromatic carboxylic acids is 1. The van der Waals surface area contributed by atoms with E-state index in [9.17, 15) is 13.6 Å². The highest BCUT2D eigenvalue weighted by atomic mass is 19.1. The van der Waals surface area contributed by atoms with Crippen molar-refractivity contribution >= 4 is 17.6 Å². The van der Waals surface area contributed by atoms with Crippen molar-refractivity contribution in [2.45, 2.75) is 6.92 Å². The summed E-state index contributed by atoms with van der Waals surface area (Å²) in [4.78, 5) is 18.4. The number of hydrogen-bond acceptors (Lipinski definition) is 4. The average Bonchev–Trinajstić information content (AvgIpc) is 2.33. The van der Waals surface area contributed by atoms with E-state index in [0.717, 1.165) is 24.4 Å². The number of aromatic nitrogens is 2. The van der Waals surface area contributed by atoms with Crippen LogP contribution in [-0.4, -0.2) is 21.0 Å². The van der Waals surface area contributed by atoms with Crippen LogP contribution >= 0.6 is 0 Å². The van der Waals surface area contributed by atoms with Crippen LogP contribution < -0.4 is 5.32 Å². The van der Waals surface area contributed by atoms with Gasteiger partial charge in [-0.05, 0) is 19.1 Å². The first-order valence-corrected chi connectivity index (χ1v) is 5.26. The standard InChI is InChI=1S/C12H9F2N3O2/c1-6-8(11(18)19)5-15-12(16-6)17-10-4-7(13)2-3-9(10)14/h2-5H,1H3,(H,18,19)(H,15,16,17). The van der Waals surface area contributed by atoms with Crippen LogP contribution in [0.25, 0.3) is 0 Å². The third-order valence-corrected chi connectivity index (χ3v) is 2.38. The van der Waals surface area contributed by atoms with Crippen LogP contribution in [0.5, 0.6) is 0 Å². The number of carbonyl (C=O) groups is 1. The normalized spacial score (nSPS) is 10.3. The maximum atomic E-state index is 13.4. The Morgan fingerprint density at radius 1 is 1.37 bits per heavy atom. The molecule has 2 N–H and O–H groups in total. The minimum absolute atomic E-state index is 0.00741. The summed E-state index contributed by atoms with van der Waals surface area (Å²) in [5, 5.41) is 11.3. The molecule has 0 spiro atoms. The molecule has 7 heteroatoms. The van der Waals surface area contributed by atoms with Crippen LogP contribution in [-0.2, 0) is 0 Å². The largest absolute Gasteiger partial charge is 0.478 e. The number of hydrogen-bond donors (Lipinski definition) is 2. The van der Waals surface area contributed by atoms with Gasteiger partial charge in [0, 0.05) is 12.3 Å². The van der Waals surface area contributed by atoms with Crippen LogP contribution in [0.2, 0.25) is 0 Å². The number of nitrogens with zero attached hydrogens (tertiary/aromatic N) is 2. The van der Waals surface area contributed by atoms with Gasteiger partial charge in [-0.25, -0.2) is 23.5 Å². The molecule has 19 heavy (non-hydrogen) atoms. The Hall–Kier alpha value is -2.57. The van der Waals surface area contributed by atoms with Crippen LogP contribution in [0.4, 0.5) is 20.4 Å². The number of aryl methyl sites for hydroxylation is 1. The van der Waals surface area contributed by atoms with Crippen LogP contribution in [0.15, 0.2) is 24.4 Å². The topological polar surface area (TPSA) is 75.1 Å². The first-order valence-electron chi connectivity index (χ1n) is 5.26. The summed E-state index contributed by atoms with van der Waals surface area (Å²) in [5.41, 5.74) is 0.0505. The molecule has 0 aliphatic carbocycles. The number of carboxylic acid groups (broad SMARTS) is 1. The Kier molecular flexibility index (Phi) is 3.37. The third-order valence-electron chi connectivity index (χ3n) is 2.38. The molecule has 0 atom stereocenters. The molecule has 1 aromatic carbocycles. The van der Waals surface area contributed by atoms with Gasteiger partial charge in [0.15, 0.2) is 0 Å². The van der Waals surface area contributed by atoms with Crippen molar-refractivity contribution in [3.63, 3.8) is 0 Å². The van der Waals surface area contributed by atoms with Crippen LogP contribution in [0.3, 0.4) is 0 Å². The lowest BCUT2D eigenvalue weighted by Gasteiger charge is -2.07. The lowest BCUT2D eigenvalue weighted by Crippen LogP contribution is -2.06. The second kappa shape index (κ2) is 4.97. The van der Waals surface area contributed by atoms with Gasteiger partial charge in [-0.2, -0.15) is 0 Å². The van der Waals surface area contributed by atoms with E-state index in [1.807, 2.05) is 0 Å². The third kappa shape index (κ3) is 2.82. The van der Waals surface area contributed by atoms with Gasteiger partial charge in [0.25, 0.3) is 0 Å². The molecular formula is C12H9F2N3O2. The number of rotatable bonds is 3. The lowest BCUT2D eigenvalue weighted by atomic mass is 10.2. The van der Waals surface area contributed by atoms with Gasteiger partial charge in [0.05, 0.1) is 16.9 Å². The van der Waals surface area contributed by atoms with Crippen molar-refractivity contribution in [3.8, 4) is 0 Å². The molecule has 0 bridgehead atoms. The summed E-state index contributed by atoms with van der Waals surface area (Å²) < 4.78 is 26.4. The van der Waals surface area contributed by atoms with Crippen LogP contribution in [0, 0.1) is 18.6 Å². The SMILES string of the molecule is Cc1nc(Nc2cc(F)ccc2F)ncc1C(=O)O. The molecule has 1 aromatic heterocycles. The zero-order chi connectivity index (χ0) is 14.0. The molecule has 2 rings (SSSR count). The molecule has 1 heterocycles. The predicted octanol–water partition coefficient (Wildman–Crippen LogP) is 2.51. The van der Waals surface area contributed by atoms with E-state index in [2.05, 4.69) is 15.3 Å². The van der Waals surface area contributed by atoms with Gasteiger partial charge in [0.1, 0.15) is 11.6 Å². The van der Waals surface area contributed by atoms with Crippen molar-refractivity contribution in [1.29, 1.82) is 0 Å². The van der Waals surface area contributed by atoms with Crippen molar-refractivity contribution in [2.24, 2.45) is 0 Å². The Bertz CT molecular complexity index is 647. The zero-order valence-electron chi connectivity index (χ0n) is 9.82. The maximum absolute atomic E-state index is 13.4. The first-order chi connectivity index (χ1) is 8.97. The number of nitrogens with one attached hydrogen (secondary N) is 1. The van der Waals surface area contributed by atoms with Crippen molar-refractivity contribution in [3.05, 3.63) is 47.3 Å². The molecule has 0 fully saturated rings. The van der Waals surface area contributed by atoms with Gasteiger partial charge >= 0.3 is 5.97 Å². The Labute approximate surface area is 106 Å². The fourth-order valence-corrected chi connectivity index (χ4v) is 1.45. The zero-order valence-corrected chi connectivity index (χ0v) is 9.82. The van der Waals surface area contributed by atoms with E-state index >= 15 is 0 Å². The molecule has 5 nitrogen and oxygen atoms in total. The van der Waals surface area contributed by atoms with Crippen molar-refractivity contribution < 1.29 is 18.7 Å². The second-order valence-corrected chi connectivity index (χ2v) is 3.75. The van der Waals surface area contributed by atoms with E-state index in [4.69, 9.17) is 5.11 Å². The molecule has 0 aliphatic heterocycles. The average molecular weight is 265 g/mol. The predicted molar refractivity (Wildman–Crippen MR) is 63.4 cm³/mol. The molecule has 98 valence electrons. The summed E-state index contributed by atoms with van der Waals surface area (Å²) in [6.45, 7) is 1.48. The highest BCUT2D eigenvalue weighted by Crippen LogP contribution is 2.19. The summed E-state index contributed by atoms with van der Waals surface area (Å²) in [6.07, 6.45) is 1.10. The van der Waals surface area contributed by atoms with Crippen molar-refractivity contribution in [1.82, 2.24) is 9.97 Å². The van der Waals surface area contributed by atoms with Crippen molar-refractivity contribution in [2.75, 3.05) is 5.32 Å². The number of benzene rings is 1. The second-order valence-electron chi connectivity index (χ2n) is 3.75. The quantitative estimate of drug-likeness (QED) is 0.891. The Balaban J connectivity index is 2.31. The van der Waals surface area contributed by atoms with E-state index in [1.54, 1.807) is 0 Å². The van der Waals surface area contributed by atoms with E-state index in [-0.39, 0.29) is 22.9 Å². The van der Waals surface area contributed by atoms with E-state index in [1.165, 1.54) is 6.92 Å². The lowest BCUT2D eigenvalue weighted by molar-refractivity contribution is 0.0695. The summed E-state index contributed by atoms with van der Waals surface area (Å²) in [6, 6.07) is 2.91. The van der Waals surface area contributed by atoms with Crippen LogP contribution in [0.1, 0.15) is 16.1 Å². The molecular weight excluding hydrogens is 256 g/mol. The fraction of sp³-hybridized carbons (Fsp3) is 0.0833. The summed E-state index contributed by atoms with van der Waals surface area (Å²) in [5.74, 6) is -2.43. The highest BCUT2D eigenvalue weighted by Gasteiger charge is 2.11. The smallest absolute Gasteiger partial charge is 0.339 e. The molecule has 2 aromatic rings. The number of carboxylic acids is 1. The monoisotopic (exact) mass is 265 g/mol. The summed E-state index contributed by atoms with van der Waals surface area (Å²) in [7, 11) is 0. The summed E-state index contributed by atoms with van der Waals surface area (Å²) >= 11 is 0. The molecule has 0 saturated carbocycles. The number of halogens is 2. The first kappa shape index (κ1) is 12.9. The molecule has 0 unspecified atom stereocenters. The van der Waals surface area contributed by atoms with E-state index < -0.39 is 17.6 Å². The fourth-order valence-electron chi connectivity index (χ4n) is 1.45. The Morgan fingerprint density at radius 3 is 2.74 bits per heavy atom. The minimum atomic E-state index is -1.15. The van der Waals surface area contributed by atoms with Gasteiger partial charge in [-0.1, -0.05) is 0 Å². The molecule has 0 amide bonds. The molecule has 0 radical (unpaired) electrons. The number of anilines is 2. The maximum Gasteiger partial charge on any atom is 0.339 e. The van der Waals surface area contributed by atoms with Gasteiger partial charge in [-0.15, -0.1) is 0 Å². The highest BCUT2D eigenvalue weighted by molar-refractivity contribution is 5.88. The van der Waals surface area contributed by atoms with Gasteiger partial charge in [-0.3, -0.25) is 0 Å². The van der Waals surface area contributed by atoms with Gasteiger partial charge < -0.3 is 10.4 Å². The van der Waals surface area contributed by atoms with E-state index in [0.29, 0.717) is 0 Å².